The molecule has 10 heteroatoms. The van der Waals surface area contributed by atoms with Crippen molar-refractivity contribution in [3.63, 3.8) is 0 Å². The molecule has 1 aliphatic heterocycles. The number of carbonyl (C=O) groups is 1. The highest BCUT2D eigenvalue weighted by Crippen LogP contribution is 2.42. The highest BCUT2D eigenvalue weighted by atomic mass is 32.2. The first-order chi connectivity index (χ1) is 11.4. The lowest BCUT2D eigenvalue weighted by Crippen LogP contribution is -2.35. The molecule has 0 unspecified atom stereocenters. The molecular weight excluding hydrogens is 350 g/mol. The lowest BCUT2D eigenvalue weighted by molar-refractivity contribution is -0.116. The van der Waals surface area contributed by atoms with Crippen molar-refractivity contribution in [1.29, 1.82) is 0 Å². The topological polar surface area (TPSA) is 95.5 Å². The number of hydrogen-bond acceptors (Lipinski definition) is 7. The Labute approximate surface area is 146 Å². The summed E-state index contributed by atoms with van der Waals surface area (Å²) in [7, 11) is -3.13. The normalized spacial score (nSPS) is 20.7. The quantitative estimate of drug-likeness (QED) is 0.789. The van der Waals surface area contributed by atoms with E-state index < -0.39 is 10.0 Å². The van der Waals surface area contributed by atoms with Crippen molar-refractivity contribution in [3.8, 4) is 0 Å². The Morgan fingerprint density at radius 1 is 1.25 bits per heavy atom. The third-order valence-electron chi connectivity index (χ3n) is 4.29. The predicted molar refractivity (Wildman–Crippen MR) is 92.6 cm³/mol. The average molecular weight is 374 g/mol. The molecule has 2 fully saturated rings. The Kier molecular flexibility index (Phi) is 5.48. The smallest absolute Gasteiger partial charge is 0.227 e. The van der Waals surface area contributed by atoms with Crippen molar-refractivity contribution in [2.75, 3.05) is 44.3 Å². The van der Waals surface area contributed by atoms with Gasteiger partial charge in [0, 0.05) is 38.5 Å². The first-order valence-electron chi connectivity index (χ1n) is 8.22. The monoisotopic (exact) mass is 373 g/mol. The summed E-state index contributed by atoms with van der Waals surface area (Å²) in [5, 5.41) is 12.5. The van der Waals surface area contributed by atoms with Crippen LogP contribution >= 0.6 is 11.3 Å². The Hall–Kier alpha value is -1.10. The van der Waals surface area contributed by atoms with Crippen molar-refractivity contribution < 1.29 is 13.2 Å². The van der Waals surface area contributed by atoms with Gasteiger partial charge in [0.1, 0.15) is 5.01 Å². The number of hydrogen-bond donors (Lipinski definition) is 1. The van der Waals surface area contributed by atoms with Crippen LogP contribution in [0.1, 0.15) is 36.6 Å². The number of aromatic nitrogens is 2. The summed E-state index contributed by atoms with van der Waals surface area (Å²) in [4.78, 5) is 14.2. The van der Waals surface area contributed by atoms with Gasteiger partial charge in [-0.1, -0.05) is 11.3 Å². The maximum atomic E-state index is 12.1. The van der Waals surface area contributed by atoms with Crippen molar-refractivity contribution in [2.45, 2.75) is 31.6 Å². The molecule has 1 N–H and O–H groups in total. The van der Waals surface area contributed by atoms with Gasteiger partial charge in [0.2, 0.25) is 21.1 Å². The van der Waals surface area contributed by atoms with Gasteiger partial charge in [-0.3, -0.25) is 4.79 Å². The van der Waals surface area contributed by atoms with Crippen LogP contribution in [0.4, 0.5) is 5.13 Å². The molecule has 2 heterocycles. The van der Waals surface area contributed by atoms with E-state index in [1.807, 2.05) is 0 Å². The fourth-order valence-electron chi connectivity index (χ4n) is 2.72. The molecule has 1 aliphatic carbocycles. The second-order valence-electron chi connectivity index (χ2n) is 6.38. The highest BCUT2D eigenvalue weighted by molar-refractivity contribution is 7.88. The maximum Gasteiger partial charge on any atom is 0.227 e. The molecule has 0 aromatic carbocycles. The van der Waals surface area contributed by atoms with Crippen LogP contribution in [0.25, 0.3) is 0 Å². The highest BCUT2D eigenvalue weighted by Gasteiger charge is 2.27. The van der Waals surface area contributed by atoms with Gasteiger partial charge in [0.15, 0.2) is 0 Å². The first-order valence-corrected chi connectivity index (χ1v) is 10.9. The van der Waals surface area contributed by atoms with Gasteiger partial charge < -0.3 is 10.2 Å². The minimum absolute atomic E-state index is 0.0716. The van der Waals surface area contributed by atoms with Crippen LogP contribution in [-0.4, -0.2) is 72.7 Å². The van der Waals surface area contributed by atoms with Gasteiger partial charge in [-0.25, -0.2) is 12.7 Å². The molecule has 1 aromatic heterocycles. The van der Waals surface area contributed by atoms with Crippen LogP contribution in [0.2, 0.25) is 0 Å². The second kappa shape index (κ2) is 7.42. The zero-order chi connectivity index (χ0) is 17.2. The zero-order valence-electron chi connectivity index (χ0n) is 13.8. The van der Waals surface area contributed by atoms with Crippen LogP contribution < -0.4 is 5.32 Å². The van der Waals surface area contributed by atoms with Crippen LogP contribution in [0, 0.1) is 0 Å². The summed E-state index contributed by atoms with van der Waals surface area (Å²) in [5.74, 6) is 0.473. The van der Waals surface area contributed by atoms with E-state index in [0.717, 1.165) is 18.0 Å². The Balaban J connectivity index is 1.42. The number of nitrogens with one attached hydrogen (secondary N) is 1. The van der Waals surface area contributed by atoms with Crippen molar-refractivity contribution in [2.24, 2.45) is 0 Å². The van der Waals surface area contributed by atoms with Gasteiger partial charge in [-0.15, -0.1) is 10.2 Å². The van der Waals surface area contributed by atoms with Crippen LogP contribution in [0.5, 0.6) is 0 Å². The van der Waals surface area contributed by atoms with E-state index in [2.05, 4.69) is 20.4 Å². The molecule has 2 aliphatic rings. The van der Waals surface area contributed by atoms with E-state index in [1.54, 1.807) is 0 Å². The summed E-state index contributed by atoms with van der Waals surface area (Å²) in [6, 6.07) is 0. The zero-order valence-corrected chi connectivity index (χ0v) is 15.4. The standard InChI is InChI=1S/C14H23N5O3S2/c1-24(21,22)19-7-2-6-18(9-10-19)8-5-12(20)15-14-17-16-13(23-14)11-3-4-11/h11H,2-10H2,1H3,(H,15,17,20). The molecule has 1 saturated carbocycles. The molecule has 3 rings (SSSR count). The van der Waals surface area contributed by atoms with Crippen LogP contribution in [-0.2, 0) is 14.8 Å². The fraction of sp³-hybridized carbons (Fsp3) is 0.786. The molecule has 24 heavy (non-hydrogen) atoms. The number of rotatable bonds is 6. The summed E-state index contributed by atoms with van der Waals surface area (Å²) < 4.78 is 24.7. The lowest BCUT2D eigenvalue weighted by Gasteiger charge is -2.20. The maximum absolute atomic E-state index is 12.1. The predicted octanol–water partition coefficient (Wildman–Crippen LogP) is 0.711. The molecule has 1 amide bonds. The molecule has 0 spiro atoms. The Morgan fingerprint density at radius 2 is 2.04 bits per heavy atom. The molecule has 1 saturated heterocycles. The number of nitrogens with zero attached hydrogens (tertiary/aromatic N) is 4. The Bertz CT molecular complexity index is 686. The van der Waals surface area contributed by atoms with E-state index in [1.165, 1.54) is 34.7 Å². The van der Waals surface area contributed by atoms with E-state index >= 15 is 0 Å². The van der Waals surface area contributed by atoms with E-state index in [0.29, 0.717) is 43.6 Å². The third kappa shape index (κ3) is 4.95. The largest absolute Gasteiger partial charge is 0.301 e. The minimum Gasteiger partial charge on any atom is -0.301 e. The van der Waals surface area contributed by atoms with Gasteiger partial charge in [-0.2, -0.15) is 0 Å². The van der Waals surface area contributed by atoms with Crippen molar-refractivity contribution in [3.05, 3.63) is 5.01 Å². The van der Waals surface area contributed by atoms with Gasteiger partial charge >= 0.3 is 0 Å². The van der Waals surface area contributed by atoms with Crippen LogP contribution in [0.3, 0.4) is 0 Å². The van der Waals surface area contributed by atoms with Gasteiger partial charge in [-0.05, 0) is 25.8 Å². The molecule has 1 aromatic rings. The van der Waals surface area contributed by atoms with E-state index in [9.17, 15) is 13.2 Å². The number of sulfonamides is 1. The van der Waals surface area contributed by atoms with Crippen LogP contribution in [0.15, 0.2) is 0 Å². The molecule has 0 radical (unpaired) electrons. The van der Waals surface area contributed by atoms with Gasteiger partial charge in [0.05, 0.1) is 6.26 Å². The summed E-state index contributed by atoms with van der Waals surface area (Å²) >= 11 is 1.46. The fourth-order valence-corrected chi connectivity index (χ4v) is 4.53. The Morgan fingerprint density at radius 3 is 2.75 bits per heavy atom. The lowest BCUT2D eigenvalue weighted by atomic mass is 10.3. The summed E-state index contributed by atoms with van der Waals surface area (Å²) in [5.41, 5.74) is 0. The second-order valence-corrected chi connectivity index (χ2v) is 9.37. The average Bonchev–Trinajstić information content (AvgIpc) is 3.30. The first kappa shape index (κ1) is 17.7. The molecule has 134 valence electrons. The van der Waals surface area contributed by atoms with Gasteiger partial charge in [0.25, 0.3) is 0 Å². The van der Waals surface area contributed by atoms with Crippen molar-refractivity contribution >= 4 is 32.4 Å². The number of carbonyl (C=O) groups excluding carboxylic acids is 1. The number of amides is 1. The molecular formula is C14H23N5O3S2. The molecule has 8 nitrogen and oxygen atoms in total. The van der Waals surface area contributed by atoms with E-state index in [-0.39, 0.29) is 5.91 Å². The third-order valence-corrected chi connectivity index (χ3v) is 6.59. The molecule has 0 bridgehead atoms. The van der Waals surface area contributed by atoms with Crippen molar-refractivity contribution in [1.82, 2.24) is 19.4 Å². The van der Waals surface area contributed by atoms with E-state index in [4.69, 9.17) is 0 Å². The minimum atomic E-state index is -3.13. The summed E-state index contributed by atoms with van der Waals surface area (Å²) in [6.07, 6.45) is 4.74. The SMILES string of the molecule is CS(=O)(=O)N1CCCN(CCC(=O)Nc2nnc(C3CC3)s2)CC1. The summed E-state index contributed by atoms with van der Waals surface area (Å²) in [6.45, 7) is 3.13. The number of anilines is 1. The molecule has 0 atom stereocenters.